The van der Waals surface area contributed by atoms with Gasteiger partial charge in [0, 0.05) is 46.9 Å². The molecule has 4 nitrogen and oxygen atoms in total. The molecule has 3 atom stereocenters. The summed E-state index contributed by atoms with van der Waals surface area (Å²) in [6, 6.07) is 17.5. The van der Waals surface area contributed by atoms with Crippen LogP contribution in [0.25, 0.3) is 16.8 Å². The maximum absolute atomic E-state index is 4.84. The molecule has 2 aromatic carbocycles. The lowest BCUT2D eigenvalue weighted by Gasteiger charge is -2.46. The van der Waals surface area contributed by atoms with E-state index in [1.807, 2.05) is 19.2 Å². The van der Waals surface area contributed by atoms with Crippen LogP contribution in [0.4, 0.5) is 0 Å². The van der Waals surface area contributed by atoms with Crippen molar-refractivity contribution in [1.29, 1.82) is 0 Å². The molecule has 4 rings (SSSR count). The molecular weight excluding hydrogens is 560 g/mol. The molecule has 0 aromatic heterocycles. The van der Waals surface area contributed by atoms with Crippen LogP contribution in [0, 0.1) is 11.3 Å². The van der Waals surface area contributed by atoms with Gasteiger partial charge in [0.2, 0.25) is 0 Å². The quantitative estimate of drug-likeness (QED) is 0.179. The fourth-order valence-corrected chi connectivity index (χ4v) is 7.02. The minimum Gasteiger partial charge on any atom is -0.362 e. The van der Waals surface area contributed by atoms with E-state index >= 15 is 0 Å². The van der Waals surface area contributed by atoms with Crippen molar-refractivity contribution in [2.24, 2.45) is 16.4 Å². The molecule has 0 spiro atoms. The number of rotatable bonds is 13. The number of allylic oxidation sites excluding steroid dienone is 3. The van der Waals surface area contributed by atoms with E-state index in [1.54, 1.807) is 6.20 Å². The van der Waals surface area contributed by atoms with Crippen LogP contribution in [-0.4, -0.2) is 22.2 Å². The highest BCUT2D eigenvalue weighted by atomic mass is 15.5. The molecule has 0 bridgehead atoms. The second-order valence-corrected chi connectivity index (χ2v) is 13.1. The Morgan fingerprint density at radius 2 is 1.76 bits per heavy atom. The highest BCUT2D eigenvalue weighted by Gasteiger charge is 2.41. The zero-order chi connectivity index (χ0) is 33.9. The van der Waals surface area contributed by atoms with Crippen LogP contribution >= 0.6 is 0 Å². The Morgan fingerprint density at radius 1 is 1.09 bits per heavy atom. The topological polar surface area (TPSA) is 30.9 Å². The number of hydrogen-bond acceptors (Lipinski definition) is 4. The standard InChI is InChI=1S/C39H50N4.C3H8/c1-10-16-38-37(26-32-19-21-33(22-20-32)36-18-15-14-17-35(36)28(5)40-12-3)30(7)42(31(8)43(38)41-13-4)29(6)34-23-25-39(9,27-34)24-11-2;1-3-2/h11-15,17-22,29,34,40H,2-3,5,7-8,10,16,23-27H2,1,4,6,9H3;3H2,1-2H3/b41-13-;. The van der Waals surface area contributed by atoms with Gasteiger partial charge in [0.25, 0.3) is 0 Å². The minimum atomic E-state index is 0.274. The molecule has 1 N–H and O–H groups in total. The number of benzene rings is 2. The van der Waals surface area contributed by atoms with Crippen molar-refractivity contribution in [2.45, 2.75) is 99.0 Å². The van der Waals surface area contributed by atoms with Crippen LogP contribution in [-0.2, 0) is 6.42 Å². The maximum atomic E-state index is 4.84. The van der Waals surface area contributed by atoms with Crippen molar-refractivity contribution in [2.75, 3.05) is 0 Å². The van der Waals surface area contributed by atoms with Crippen molar-refractivity contribution in [3.05, 3.63) is 128 Å². The van der Waals surface area contributed by atoms with Gasteiger partial charge in [-0.2, -0.15) is 5.10 Å². The fourth-order valence-electron chi connectivity index (χ4n) is 7.02. The summed E-state index contributed by atoms with van der Waals surface area (Å²) in [6.45, 7) is 34.5. The smallest absolute Gasteiger partial charge is 0.127 e. The SMILES string of the molecule is C=CCC1(C)CCC(C(C)N2C(=C)C(Cc3ccc(-c4ccccc4C(=C)NC=C)cc3)=C(CCC)N(/N=C\C)C2=C)C1.CCC. The lowest BCUT2D eigenvalue weighted by atomic mass is 9.83. The molecule has 0 amide bonds. The molecule has 1 aliphatic heterocycles. The first-order chi connectivity index (χ1) is 22.1. The average molecular weight is 619 g/mol. The second-order valence-electron chi connectivity index (χ2n) is 13.1. The Labute approximate surface area is 280 Å². The van der Waals surface area contributed by atoms with Gasteiger partial charge in [-0.3, -0.25) is 0 Å². The van der Waals surface area contributed by atoms with Gasteiger partial charge in [-0.1, -0.05) is 121 Å². The van der Waals surface area contributed by atoms with E-state index < -0.39 is 0 Å². The summed E-state index contributed by atoms with van der Waals surface area (Å²) in [5, 5.41) is 10.1. The molecular formula is C42H58N4. The monoisotopic (exact) mass is 618 g/mol. The normalized spacial score (nSPS) is 20.4. The maximum Gasteiger partial charge on any atom is 0.127 e. The molecule has 1 saturated carbocycles. The van der Waals surface area contributed by atoms with Gasteiger partial charge in [0.1, 0.15) is 5.82 Å². The van der Waals surface area contributed by atoms with Gasteiger partial charge in [-0.15, -0.1) is 6.58 Å². The second kappa shape index (κ2) is 17.0. The van der Waals surface area contributed by atoms with Gasteiger partial charge in [-0.05, 0) is 80.2 Å². The number of hydrogen-bond donors (Lipinski definition) is 1. The van der Waals surface area contributed by atoms with Crippen LogP contribution in [0.15, 0.2) is 122 Å². The molecule has 0 radical (unpaired) electrons. The van der Waals surface area contributed by atoms with Crippen molar-refractivity contribution in [3.63, 3.8) is 0 Å². The van der Waals surface area contributed by atoms with Crippen LogP contribution < -0.4 is 5.32 Å². The Balaban J connectivity index is 0.00000185. The van der Waals surface area contributed by atoms with Crippen LogP contribution in [0.5, 0.6) is 0 Å². The summed E-state index contributed by atoms with van der Waals surface area (Å²) in [5.74, 6) is 1.46. The average Bonchev–Trinajstić information content (AvgIpc) is 3.43. The highest BCUT2D eigenvalue weighted by Crippen LogP contribution is 2.48. The molecule has 2 aliphatic rings. The van der Waals surface area contributed by atoms with Gasteiger partial charge < -0.3 is 10.2 Å². The molecule has 1 fully saturated rings. The Kier molecular flexibility index (Phi) is 13.5. The van der Waals surface area contributed by atoms with E-state index in [0.717, 1.165) is 59.6 Å². The van der Waals surface area contributed by atoms with Crippen LogP contribution in [0.3, 0.4) is 0 Å². The van der Waals surface area contributed by atoms with E-state index in [1.165, 1.54) is 42.5 Å². The summed E-state index contributed by atoms with van der Waals surface area (Å²) in [7, 11) is 0. The molecule has 0 saturated heterocycles. The van der Waals surface area contributed by atoms with E-state index in [9.17, 15) is 0 Å². The van der Waals surface area contributed by atoms with E-state index in [4.69, 9.17) is 11.7 Å². The first-order valence-corrected chi connectivity index (χ1v) is 17.1. The zero-order valence-corrected chi connectivity index (χ0v) is 29.5. The summed E-state index contributed by atoms with van der Waals surface area (Å²) in [6.07, 6.45) is 14.3. The first kappa shape index (κ1) is 36.4. The zero-order valence-electron chi connectivity index (χ0n) is 29.5. The molecule has 46 heavy (non-hydrogen) atoms. The number of hydrazone groups is 1. The summed E-state index contributed by atoms with van der Waals surface area (Å²) >= 11 is 0. The largest absolute Gasteiger partial charge is 0.362 e. The summed E-state index contributed by atoms with van der Waals surface area (Å²) in [4.78, 5) is 2.37. The molecule has 1 heterocycles. The molecule has 246 valence electrons. The number of nitrogens with one attached hydrogen (secondary N) is 1. The van der Waals surface area contributed by atoms with Gasteiger partial charge >= 0.3 is 0 Å². The van der Waals surface area contributed by atoms with Gasteiger partial charge in [-0.25, -0.2) is 5.01 Å². The van der Waals surface area contributed by atoms with Crippen molar-refractivity contribution >= 4 is 11.9 Å². The van der Waals surface area contributed by atoms with Crippen molar-refractivity contribution in [3.8, 4) is 11.1 Å². The van der Waals surface area contributed by atoms with Crippen molar-refractivity contribution in [1.82, 2.24) is 15.2 Å². The first-order valence-electron chi connectivity index (χ1n) is 17.1. The van der Waals surface area contributed by atoms with Crippen LogP contribution in [0.1, 0.15) is 97.6 Å². The fraction of sp³-hybridized carbons (Fsp3) is 0.405. The molecule has 4 heteroatoms. The van der Waals surface area contributed by atoms with Gasteiger partial charge in [0.15, 0.2) is 0 Å². The number of nitrogens with zero attached hydrogens (tertiary/aromatic N) is 3. The molecule has 1 aliphatic carbocycles. The Hall–Kier alpha value is -4.05. The Bertz CT molecular complexity index is 1440. The van der Waals surface area contributed by atoms with E-state index in [2.05, 4.69) is 125 Å². The summed E-state index contributed by atoms with van der Waals surface area (Å²) in [5.41, 5.74) is 9.26. The third-order valence-corrected chi connectivity index (χ3v) is 9.26. The lowest BCUT2D eigenvalue weighted by Crippen LogP contribution is -2.45. The predicted octanol–water partition coefficient (Wildman–Crippen LogP) is 11.4. The lowest BCUT2D eigenvalue weighted by molar-refractivity contribution is 0.169. The highest BCUT2D eigenvalue weighted by molar-refractivity contribution is 5.80. The molecule has 3 unspecified atom stereocenters. The van der Waals surface area contributed by atoms with Gasteiger partial charge in [0.05, 0.1) is 0 Å². The van der Waals surface area contributed by atoms with E-state index in [0.29, 0.717) is 11.3 Å². The third kappa shape index (κ3) is 8.40. The minimum absolute atomic E-state index is 0.274. The summed E-state index contributed by atoms with van der Waals surface area (Å²) < 4.78 is 0. The van der Waals surface area contributed by atoms with E-state index in [-0.39, 0.29) is 6.04 Å². The van der Waals surface area contributed by atoms with Crippen LogP contribution in [0.2, 0.25) is 0 Å². The molecule has 2 aromatic rings. The third-order valence-electron chi connectivity index (χ3n) is 9.26. The van der Waals surface area contributed by atoms with Crippen molar-refractivity contribution < 1.29 is 0 Å². The Morgan fingerprint density at radius 3 is 2.37 bits per heavy atom. The predicted molar refractivity (Wildman–Crippen MR) is 202 cm³/mol.